The van der Waals surface area contributed by atoms with E-state index in [0.717, 1.165) is 0 Å². The molecule has 170 valence electrons. The zero-order valence-electron chi connectivity index (χ0n) is 17.6. The molecule has 32 heavy (non-hydrogen) atoms. The largest absolute Gasteiger partial charge is 0.357 e. The molecule has 3 aromatic carbocycles. The van der Waals surface area contributed by atoms with Crippen LogP contribution in [0.15, 0.2) is 78.9 Å². The number of nitrogens with zero attached hydrogens (tertiary/aromatic N) is 2. The molecule has 0 atom stereocenters. The minimum absolute atomic E-state index is 0.0502. The molecule has 0 aliphatic carbocycles. The highest BCUT2D eigenvalue weighted by Crippen LogP contribution is 2.20. The summed E-state index contributed by atoms with van der Waals surface area (Å²) < 4.78 is 5.97. The average Bonchev–Trinajstić information content (AvgIpc) is 2.69. The fraction of sp³-hybridized carbons (Fsp3) is 0.182. The maximum atomic E-state index is 8.25. The van der Waals surface area contributed by atoms with Gasteiger partial charge in [0, 0.05) is 0 Å². The van der Waals surface area contributed by atoms with E-state index < -0.39 is 10.2 Å². The van der Waals surface area contributed by atoms with Gasteiger partial charge in [-0.25, -0.2) is 0 Å². The van der Waals surface area contributed by atoms with E-state index in [0.29, 0.717) is 0 Å². The minimum Gasteiger partial charge on any atom is -0.356 e. The second-order valence-electron chi connectivity index (χ2n) is 7.13. The summed E-state index contributed by atoms with van der Waals surface area (Å²) in [5.41, 5.74) is 1.65. The van der Waals surface area contributed by atoms with Gasteiger partial charge in [0.15, 0.2) is 14.3 Å². The highest BCUT2D eigenvalue weighted by molar-refractivity contribution is 5.22. The Balaban J connectivity index is 0.000000554. The van der Waals surface area contributed by atoms with E-state index in [4.69, 9.17) is 30.6 Å². The molecule has 0 aliphatic heterocycles. The second kappa shape index (κ2) is 13.8. The summed E-state index contributed by atoms with van der Waals surface area (Å²) in [6.45, 7) is 6.81. The summed E-state index contributed by atoms with van der Waals surface area (Å²) in [5.74, 6) is 0. The lowest BCUT2D eigenvalue weighted by Crippen LogP contribution is -3.62. The van der Waals surface area contributed by atoms with Gasteiger partial charge >= 0.3 is 42.4 Å². The summed E-state index contributed by atoms with van der Waals surface area (Å²) >= 11 is -0.132. The van der Waals surface area contributed by atoms with Gasteiger partial charge in [-0.3, -0.25) is 0 Å². The molecular weight excluding hydrogens is 642 g/mol. The third-order valence-corrected chi connectivity index (χ3v) is 9.05. The van der Waals surface area contributed by atoms with Gasteiger partial charge in [0.1, 0.15) is 0 Å². The van der Waals surface area contributed by atoms with E-state index in [2.05, 4.69) is 99.6 Å². The van der Waals surface area contributed by atoms with Crippen molar-refractivity contribution in [2.24, 2.45) is 0 Å². The summed E-state index contributed by atoms with van der Waals surface area (Å²) in [4.78, 5) is 16.5. The molecule has 0 saturated heterocycles. The van der Waals surface area contributed by atoms with Gasteiger partial charge in [-0.2, -0.15) is 0 Å². The van der Waals surface area contributed by atoms with Crippen LogP contribution < -0.4 is 42.4 Å². The zero-order chi connectivity index (χ0) is 24.1. The van der Waals surface area contributed by atoms with Crippen LogP contribution in [-0.4, -0.2) is 10.2 Å². The SMILES string of the molecule is CC(C)(C)c1ccc([I+]c2ccc([I+]c3ccccc3)cc2)cc1.O=[N+]([O-])[O-].O=[N+]([O-])[O-]. The van der Waals surface area contributed by atoms with Crippen LogP contribution in [0.25, 0.3) is 0 Å². The maximum absolute atomic E-state index is 8.25. The van der Waals surface area contributed by atoms with Crippen LogP contribution in [0.1, 0.15) is 26.3 Å². The lowest BCUT2D eigenvalue weighted by molar-refractivity contribution is -0.603. The van der Waals surface area contributed by atoms with E-state index in [1.807, 2.05) is 0 Å². The highest BCUT2D eigenvalue weighted by atomic mass is 127. The van der Waals surface area contributed by atoms with Crippen LogP contribution in [0.4, 0.5) is 0 Å². The fourth-order valence-electron chi connectivity index (χ4n) is 2.30. The lowest BCUT2D eigenvalue weighted by atomic mass is 9.87. The van der Waals surface area contributed by atoms with Gasteiger partial charge in [0.05, 0.1) is 10.2 Å². The maximum Gasteiger partial charge on any atom is 0.357 e. The molecule has 3 rings (SSSR count). The summed E-state index contributed by atoms with van der Waals surface area (Å²) in [5, 5.41) is 29.5. The Morgan fingerprint density at radius 1 is 0.562 bits per heavy atom. The van der Waals surface area contributed by atoms with Crippen molar-refractivity contribution < 1.29 is 52.6 Å². The topological polar surface area (TPSA) is 132 Å². The Hall–Kier alpha value is -2.48. The van der Waals surface area contributed by atoms with Gasteiger partial charge in [-0.05, 0) is 59.5 Å². The van der Waals surface area contributed by atoms with Crippen LogP contribution in [0.2, 0.25) is 0 Å². The minimum atomic E-state index is -1.75. The van der Waals surface area contributed by atoms with Crippen molar-refractivity contribution in [1.82, 2.24) is 0 Å². The Labute approximate surface area is 207 Å². The second-order valence-corrected chi connectivity index (χ2v) is 13.2. The third kappa shape index (κ3) is 12.4. The first-order valence-corrected chi connectivity index (χ1v) is 13.5. The van der Waals surface area contributed by atoms with Crippen LogP contribution >= 0.6 is 0 Å². The lowest BCUT2D eigenvalue weighted by Gasteiger charge is -2.18. The quantitative estimate of drug-likeness (QED) is 0.195. The van der Waals surface area contributed by atoms with Gasteiger partial charge in [-0.1, -0.05) is 51.1 Å². The third-order valence-electron chi connectivity index (χ3n) is 3.68. The van der Waals surface area contributed by atoms with Crippen molar-refractivity contribution in [3.8, 4) is 0 Å². The molecule has 3 aromatic rings. The predicted molar refractivity (Wildman–Crippen MR) is 114 cm³/mol. The van der Waals surface area contributed by atoms with E-state index in [1.54, 1.807) is 0 Å². The Morgan fingerprint density at radius 2 is 0.844 bits per heavy atom. The Kier molecular flexibility index (Phi) is 11.9. The van der Waals surface area contributed by atoms with Crippen molar-refractivity contribution >= 4 is 0 Å². The van der Waals surface area contributed by atoms with Crippen LogP contribution in [0.3, 0.4) is 0 Å². The first-order valence-electron chi connectivity index (χ1n) is 9.15. The monoisotopic (exact) mass is 664 g/mol. The fourth-order valence-corrected chi connectivity index (χ4v) is 6.67. The number of benzene rings is 3. The number of hydrogen-bond acceptors (Lipinski definition) is 6. The van der Waals surface area contributed by atoms with E-state index in [-0.39, 0.29) is 47.8 Å². The molecule has 0 N–H and O–H groups in total. The molecule has 0 radical (unpaired) electrons. The van der Waals surface area contributed by atoms with Crippen molar-refractivity contribution in [3.05, 3.63) is 129 Å². The van der Waals surface area contributed by atoms with Crippen LogP contribution in [0, 0.1) is 44.9 Å². The van der Waals surface area contributed by atoms with E-state index in [9.17, 15) is 0 Å². The molecule has 0 aliphatic rings. The molecular formula is C22H22I2N2O6. The Morgan fingerprint density at radius 3 is 1.16 bits per heavy atom. The molecule has 0 unspecified atom stereocenters. The Bertz CT molecular complexity index is 956. The molecule has 0 heterocycles. The van der Waals surface area contributed by atoms with E-state index in [1.165, 1.54) is 19.8 Å². The molecule has 0 bridgehead atoms. The number of hydrogen-bond donors (Lipinski definition) is 0. The van der Waals surface area contributed by atoms with Crippen molar-refractivity contribution in [3.63, 3.8) is 0 Å². The molecule has 0 saturated carbocycles. The van der Waals surface area contributed by atoms with Gasteiger partial charge in [0.25, 0.3) is 0 Å². The summed E-state index contributed by atoms with van der Waals surface area (Å²) in [6.07, 6.45) is 0. The predicted octanol–water partition coefficient (Wildman–Crippen LogP) is -1.24. The smallest absolute Gasteiger partial charge is 0.356 e. The van der Waals surface area contributed by atoms with Crippen molar-refractivity contribution in [2.75, 3.05) is 0 Å². The molecule has 8 nitrogen and oxygen atoms in total. The van der Waals surface area contributed by atoms with Crippen molar-refractivity contribution in [2.45, 2.75) is 26.2 Å². The number of rotatable bonds is 4. The summed E-state index contributed by atoms with van der Waals surface area (Å²) in [6, 6.07) is 29.4. The molecule has 0 aromatic heterocycles. The first-order chi connectivity index (χ1) is 15.0. The average molecular weight is 664 g/mol. The molecule has 0 fully saturated rings. The van der Waals surface area contributed by atoms with E-state index >= 15 is 0 Å². The number of halogens is 2. The normalized spacial score (nSPS) is 10.1. The molecule has 10 heteroatoms. The van der Waals surface area contributed by atoms with Gasteiger partial charge < -0.3 is 30.6 Å². The molecule has 0 amide bonds. The van der Waals surface area contributed by atoms with Crippen LogP contribution in [-0.2, 0) is 5.41 Å². The molecule has 0 spiro atoms. The highest BCUT2D eigenvalue weighted by Gasteiger charge is 2.20. The van der Waals surface area contributed by atoms with Gasteiger partial charge in [-0.15, -0.1) is 0 Å². The van der Waals surface area contributed by atoms with Crippen LogP contribution in [0.5, 0.6) is 0 Å². The first kappa shape index (κ1) is 27.6. The standard InChI is InChI=1S/C22H22I2.2NO3/c1-22(2,3)17-9-11-19(12-10-17)24-21-15-13-20(14-16-21)23-18-7-5-4-6-8-18;2*2-1(3)4/h4-16H,1-3H3;;/q+2;2*-1. The zero-order valence-corrected chi connectivity index (χ0v) is 21.9. The van der Waals surface area contributed by atoms with Gasteiger partial charge in [0.2, 0.25) is 0 Å². The van der Waals surface area contributed by atoms with Crippen molar-refractivity contribution in [1.29, 1.82) is 0 Å². The summed E-state index contributed by atoms with van der Waals surface area (Å²) in [7, 11) is 0.